The molecule has 2 rings (SSSR count). The first-order valence-electron chi connectivity index (χ1n) is 5.61. The van der Waals surface area contributed by atoms with Crippen LogP contribution in [0.25, 0.3) is 0 Å². The van der Waals surface area contributed by atoms with E-state index in [4.69, 9.17) is 5.73 Å². The fourth-order valence-electron chi connectivity index (χ4n) is 1.59. The first kappa shape index (κ1) is 15.5. The van der Waals surface area contributed by atoms with Gasteiger partial charge in [-0.1, -0.05) is 0 Å². The van der Waals surface area contributed by atoms with Crippen molar-refractivity contribution in [2.24, 2.45) is 0 Å². The maximum Gasteiger partial charge on any atom is 0.433 e. The third-order valence-electron chi connectivity index (χ3n) is 2.56. The molecule has 0 aliphatic carbocycles. The van der Waals surface area contributed by atoms with E-state index in [1.165, 1.54) is 6.07 Å². The largest absolute Gasteiger partial charge is 0.433 e. The number of nitrogens with two attached hydrogens (primary N) is 1. The lowest BCUT2D eigenvalue weighted by Gasteiger charge is -2.12. The van der Waals surface area contributed by atoms with E-state index in [0.717, 1.165) is 6.07 Å². The Bertz CT molecular complexity index is 688. The maximum atomic E-state index is 13.5. The number of aryl methyl sites for hydroxylation is 1. The molecule has 1 aromatic heterocycles. The van der Waals surface area contributed by atoms with Crippen LogP contribution in [0.2, 0.25) is 0 Å². The predicted molar refractivity (Wildman–Crippen MR) is 73.6 cm³/mol. The lowest BCUT2D eigenvalue weighted by molar-refractivity contribution is -0.141. The number of nitrogen functional groups attached to an aromatic ring is 1. The summed E-state index contributed by atoms with van der Waals surface area (Å²) in [5.41, 5.74) is 4.98. The van der Waals surface area contributed by atoms with Crippen molar-refractivity contribution in [3.05, 3.63) is 39.7 Å². The minimum absolute atomic E-state index is 0.167. The van der Waals surface area contributed by atoms with Crippen LogP contribution in [-0.4, -0.2) is 9.97 Å². The molecule has 1 aromatic carbocycles. The summed E-state index contributed by atoms with van der Waals surface area (Å²) in [6.07, 6.45) is -4.65. The maximum absolute atomic E-state index is 13.5. The fraction of sp³-hybridized carbons (Fsp3) is 0.167. The van der Waals surface area contributed by atoms with Crippen molar-refractivity contribution in [2.45, 2.75) is 13.1 Å². The SMILES string of the molecule is Cc1cc(Br)c(F)cc1Nc1cc(C(F)(F)F)nc(N)n1. The molecule has 0 aliphatic heterocycles. The van der Waals surface area contributed by atoms with Crippen molar-refractivity contribution in [3.8, 4) is 0 Å². The third kappa shape index (κ3) is 3.60. The monoisotopic (exact) mass is 364 g/mol. The highest BCUT2D eigenvalue weighted by Crippen LogP contribution is 2.31. The van der Waals surface area contributed by atoms with E-state index in [2.05, 4.69) is 31.2 Å². The van der Waals surface area contributed by atoms with Gasteiger partial charge in [0.05, 0.1) is 4.47 Å². The molecule has 4 nitrogen and oxygen atoms in total. The molecule has 0 bridgehead atoms. The number of aromatic nitrogens is 2. The van der Waals surface area contributed by atoms with E-state index in [9.17, 15) is 17.6 Å². The van der Waals surface area contributed by atoms with Gasteiger partial charge in [-0.2, -0.15) is 18.2 Å². The summed E-state index contributed by atoms with van der Waals surface area (Å²) < 4.78 is 51.7. The van der Waals surface area contributed by atoms with Gasteiger partial charge in [-0.3, -0.25) is 0 Å². The van der Waals surface area contributed by atoms with E-state index in [1.54, 1.807) is 6.92 Å². The van der Waals surface area contributed by atoms with Crippen LogP contribution in [0.5, 0.6) is 0 Å². The third-order valence-corrected chi connectivity index (χ3v) is 3.17. The summed E-state index contributed by atoms with van der Waals surface area (Å²) >= 11 is 3.02. The van der Waals surface area contributed by atoms with Crippen LogP contribution in [0.4, 0.5) is 35.0 Å². The van der Waals surface area contributed by atoms with Crippen LogP contribution in [0.1, 0.15) is 11.3 Å². The Morgan fingerprint density at radius 2 is 1.86 bits per heavy atom. The Balaban J connectivity index is 2.40. The van der Waals surface area contributed by atoms with Crippen LogP contribution in [-0.2, 0) is 6.18 Å². The number of rotatable bonds is 2. The molecule has 0 atom stereocenters. The fourth-order valence-corrected chi connectivity index (χ4v) is 2.05. The number of nitrogens with one attached hydrogen (secondary N) is 1. The van der Waals surface area contributed by atoms with Crippen LogP contribution in [0.15, 0.2) is 22.7 Å². The Morgan fingerprint density at radius 3 is 2.48 bits per heavy atom. The molecule has 1 heterocycles. The summed E-state index contributed by atoms with van der Waals surface area (Å²) in [5, 5.41) is 2.60. The summed E-state index contributed by atoms with van der Waals surface area (Å²) in [4.78, 5) is 6.78. The predicted octanol–water partition coefficient (Wildman–Crippen LogP) is 4.03. The smallest absolute Gasteiger partial charge is 0.368 e. The minimum atomic E-state index is -4.65. The second-order valence-corrected chi connectivity index (χ2v) is 5.05. The summed E-state index contributed by atoms with van der Waals surface area (Å²) in [6, 6.07) is 3.34. The van der Waals surface area contributed by atoms with Gasteiger partial charge in [-0.25, -0.2) is 9.37 Å². The summed E-state index contributed by atoms with van der Waals surface area (Å²) in [7, 11) is 0. The number of hydrogen-bond acceptors (Lipinski definition) is 4. The molecule has 0 saturated carbocycles. The van der Waals surface area contributed by atoms with Crippen molar-refractivity contribution < 1.29 is 17.6 Å². The second kappa shape index (κ2) is 5.47. The number of nitrogens with zero attached hydrogens (tertiary/aromatic N) is 2. The zero-order chi connectivity index (χ0) is 15.8. The van der Waals surface area contributed by atoms with Crippen LogP contribution >= 0.6 is 15.9 Å². The number of alkyl halides is 3. The Kier molecular flexibility index (Phi) is 4.04. The molecule has 21 heavy (non-hydrogen) atoms. The van der Waals surface area contributed by atoms with E-state index in [-0.39, 0.29) is 16.0 Å². The van der Waals surface area contributed by atoms with Crippen LogP contribution in [0.3, 0.4) is 0 Å². The highest BCUT2D eigenvalue weighted by atomic mass is 79.9. The van der Waals surface area contributed by atoms with Crippen molar-refractivity contribution in [1.82, 2.24) is 9.97 Å². The lowest BCUT2D eigenvalue weighted by atomic mass is 10.2. The van der Waals surface area contributed by atoms with Gasteiger partial charge in [0.1, 0.15) is 11.6 Å². The first-order valence-corrected chi connectivity index (χ1v) is 6.40. The quantitative estimate of drug-likeness (QED) is 0.789. The summed E-state index contributed by atoms with van der Waals surface area (Å²) in [5.74, 6) is -1.25. The molecule has 0 saturated heterocycles. The van der Waals surface area contributed by atoms with Gasteiger partial charge in [0.25, 0.3) is 0 Å². The second-order valence-electron chi connectivity index (χ2n) is 4.20. The average molecular weight is 365 g/mol. The van der Waals surface area contributed by atoms with Crippen LogP contribution in [0, 0.1) is 12.7 Å². The highest BCUT2D eigenvalue weighted by Gasteiger charge is 2.33. The molecule has 0 unspecified atom stereocenters. The van der Waals surface area contributed by atoms with E-state index in [1.807, 2.05) is 0 Å². The van der Waals surface area contributed by atoms with E-state index in [0.29, 0.717) is 11.6 Å². The molecule has 0 amide bonds. The normalized spacial score (nSPS) is 11.5. The lowest BCUT2D eigenvalue weighted by Crippen LogP contribution is -2.12. The molecule has 0 radical (unpaired) electrons. The Labute approximate surface area is 125 Å². The molecule has 0 spiro atoms. The van der Waals surface area contributed by atoms with Gasteiger partial charge >= 0.3 is 6.18 Å². The van der Waals surface area contributed by atoms with Gasteiger partial charge in [-0.15, -0.1) is 0 Å². The van der Waals surface area contributed by atoms with Crippen molar-refractivity contribution >= 4 is 33.4 Å². The standard InChI is InChI=1S/C12H9BrF4N4/c1-5-2-6(13)7(14)3-8(5)19-10-4-9(12(15,16)17)20-11(18)21-10/h2-4H,1H3,(H3,18,19,20,21). The molecule has 2 aromatic rings. The zero-order valence-electron chi connectivity index (χ0n) is 10.6. The minimum Gasteiger partial charge on any atom is -0.368 e. The molecule has 0 aliphatic rings. The molecule has 9 heteroatoms. The van der Waals surface area contributed by atoms with E-state index < -0.39 is 23.6 Å². The van der Waals surface area contributed by atoms with Crippen molar-refractivity contribution in [1.29, 1.82) is 0 Å². The Hall–Kier alpha value is -1.90. The topological polar surface area (TPSA) is 63.8 Å². The van der Waals surface area contributed by atoms with E-state index >= 15 is 0 Å². The number of benzene rings is 1. The number of anilines is 3. The van der Waals surface area contributed by atoms with Gasteiger partial charge in [0.15, 0.2) is 5.69 Å². The average Bonchev–Trinajstić information content (AvgIpc) is 2.34. The molecule has 0 fully saturated rings. The molecule has 112 valence electrons. The van der Waals surface area contributed by atoms with Crippen molar-refractivity contribution in [3.63, 3.8) is 0 Å². The summed E-state index contributed by atoms with van der Waals surface area (Å²) in [6.45, 7) is 1.67. The Morgan fingerprint density at radius 1 is 1.19 bits per heavy atom. The highest BCUT2D eigenvalue weighted by molar-refractivity contribution is 9.10. The first-order chi connectivity index (χ1) is 9.66. The van der Waals surface area contributed by atoms with Gasteiger partial charge < -0.3 is 11.1 Å². The number of halogens is 5. The molecular formula is C12H9BrF4N4. The zero-order valence-corrected chi connectivity index (χ0v) is 12.2. The van der Waals surface area contributed by atoms with Crippen LogP contribution < -0.4 is 11.1 Å². The van der Waals surface area contributed by atoms with Gasteiger partial charge in [0.2, 0.25) is 5.95 Å². The molecular weight excluding hydrogens is 356 g/mol. The van der Waals surface area contributed by atoms with Crippen molar-refractivity contribution in [2.75, 3.05) is 11.1 Å². The number of hydrogen-bond donors (Lipinski definition) is 2. The van der Waals surface area contributed by atoms with Gasteiger partial charge in [0, 0.05) is 11.8 Å². The molecule has 3 N–H and O–H groups in total. The van der Waals surface area contributed by atoms with Gasteiger partial charge in [-0.05, 0) is 40.5 Å².